The van der Waals surface area contributed by atoms with Crippen LogP contribution in [0, 0.1) is 6.92 Å². The minimum absolute atomic E-state index is 0.0919. The largest absolute Gasteiger partial charge is 0.462 e. The highest BCUT2D eigenvalue weighted by Crippen LogP contribution is 2.28. The van der Waals surface area contributed by atoms with E-state index >= 15 is 0 Å². The maximum absolute atomic E-state index is 12.1. The van der Waals surface area contributed by atoms with E-state index in [0.717, 1.165) is 17.2 Å². The molecule has 0 aromatic carbocycles. The Kier molecular flexibility index (Phi) is 7.84. The van der Waals surface area contributed by atoms with Crippen LogP contribution in [0.1, 0.15) is 84.6 Å². The molecule has 2 N–H and O–H groups in total. The molecule has 0 aliphatic heterocycles. The average Bonchev–Trinajstić information content (AvgIpc) is 3.46. The highest BCUT2D eigenvalue weighted by atomic mass is 32.1. The maximum atomic E-state index is 12.1. The van der Waals surface area contributed by atoms with Gasteiger partial charge < -0.3 is 15.4 Å². The van der Waals surface area contributed by atoms with Gasteiger partial charge in [-0.1, -0.05) is 12.8 Å². The quantitative estimate of drug-likeness (QED) is 0.375. The molecule has 2 aromatic heterocycles. The summed E-state index contributed by atoms with van der Waals surface area (Å²) in [6, 6.07) is 2.49. The third-order valence-corrected chi connectivity index (χ3v) is 6.42. The van der Waals surface area contributed by atoms with Crippen molar-refractivity contribution < 1.29 is 9.53 Å². The molecular weight excluding hydrogens is 400 g/mol. The van der Waals surface area contributed by atoms with Gasteiger partial charge in [-0.3, -0.25) is 4.68 Å². The predicted octanol–water partition coefficient (Wildman–Crippen LogP) is 3.76. The molecule has 0 saturated heterocycles. The smallest absolute Gasteiger partial charge is 0.350 e. The second-order valence-electron chi connectivity index (χ2n) is 7.47. The molecule has 1 atom stereocenters. The first-order chi connectivity index (χ1) is 14.5. The van der Waals surface area contributed by atoms with Gasteiger partial charge in [-0.05, 0) is 46.6 Å². The molecule has 3 rings (SSSR count). The van der Waals surface area contributed by atoms with E-state index in [1.807, 2.05) is 26.8 Å². The minimum Gasteiger partial charge on any atom is -0.462 e. The summed E-state index contributed by atoms with van der Waals surface area (Å²) < 4.78 is 7.21. The monoisotopic (exact) mass is 432 g/mol. The summed E-state index contributed by atoms with van der Waals surface area (Å²) >= 11 is 1.36. The van der Waals surface area contributed by atoms with Crippen molar-refractivity contribution >= 4 is 23.3 Å². The van der Waals surface area contributed by atoms with Crippen LogP contribution in [-0.4, -0.2) is 39.8 Å². The third-order valence-electron chi connectivity index (χ3n) is 5.10. The molecule has 2 aromatic rings. The number of aliphatic imine (C=N–C) groups is 1. The van der Waals surface area contributed by atoms with Gasteiger partial charge in [0.25, 0.3) is 0 Å². The van der Waals surface area contributed by atoms with E-state index < -0.39 is 0 Å². The molecule has 1 aliphatic rings. The fraction of sp³-hybridized carbons (Fsp3) is 0.619. The SMILES string of the molecule is CCNC(=NCc1ccn(C2CCCC2)n1)NC(C)c1nc(C)c(C(=O)OCC)s1. The van der Waals surface area contributed by atoms with Gasteiger partial charge in [0, 0.05) is 12.7 Å². The summed E-state index contributed by atoms with van der Waals surface area (Å²) in [5.41, 5.74) is 1.66. The first kappa shape index (κ1) is 22.3. The summed E-state index contributed by atoms with van der Waals surface area (Å²) in [6.07, 6.45) is 7.08. The molecule has 164 valence electrons. The Morgan fingerprint density at radius 3 is 2.87 bits per heavy atom. The number of carbonyl (C=O) groups is 1. The summed E-state index contributed by atoms with van der Waals surface area (Å²) in [6.45, 7) is 9.28. The predicted molar refractivity (Wildman–Crippen MR) is 119 cm³/mol. The van der Waals surface area contributed by atoms with E-state index in [1.54, 1.807) is 6.92 Å². The lowest BCUT2D eigenvalue weighted by Crippen LogP contribution is -2.38. The van der Waals surface area contributed by atoms with Crippen molar-refractivity contribution in [1.82, 2.24) is 25.4 Å². The van der Waals surface area contributed by atoms with Gasteiger partial charge in [0.2, 0.25) is 0 Å². The molecule has 30 heavy (non-hydrogen) atoms. The summed E-state index contributed by atoms with van der Waals surface area (Å²) in [5, 5.41) is 12.2. The van der Waals surface area contributed by atoms with E-state index in [1.165, 1.54) is 37.0 Å². The highest BCUT2D eigenvalue weighted by molar-refractivity contribution is 7.13. The lowest BCUT2D eigenvalue weighted by Gasteiger charge is -2.15. The fourth-order valence-electron chi connectivity index (χ4n) is 3.57. The Hall–Kier alpha value is -2.42. The number of hydrogen-bond donors (Lipinski definition) is 2. The third kappa shape index (κ3) is 5.59. The number of aryl methyl sites for hydroxylation is 1. The van der Waals surface area contributed by atoms with Gasteiger partial charge in [0.15, 0.2) is 5.96 Å². The van der Waals surface area contributed by atoms with Gasteiger partial charge in [0.05, 0.1) is 36.6 Å². The van der Waals surface area contributed by atoms with Crippen LogP contribution in [0.3, 0.4) is 0 Å². The fourth-order valence-corrected chi connectivity index (χ4v) is 4.53. The summed E-state index contributed by atoms with van der Waals surface area (Å²) in [5.74, 6) is 0.385. The molecule has 0 radical (unpaired) electrons. The topological polar surface area (TPSA) is 93.4 Å². The Morgan fingerprint density at radius 2 is 2.17 bits per heavy atom. The van der Waals surface area contributed by atoms with E-state index in [2.05, 4.69) is 31.5 Å². The number of hydrogen-bond acceptors (Lipinski definition) is 6. The molecule has 8 nitrogen and oxygen atoms in total. The van der Waals surface area contributed by atoms with Crippen LogP contribution in [0.15, 0.2) is 17.3 Å². The first-order valence-electron chi connectivity index (χ1n) is 10.7. The molecule has 9 heteroatoms. The maximum Gasteiger partial charge on any atom is 0.350 e. The van der Waals surface area contributed by atoms with Crippen molar-refractivity contribution in [1.29, 1.82) is 0 Å². The molecule has 0 bridgehead atoms. The van der Waals surface area contributed by atoms with E-state index in [-0.39, 0.29) is 12.0 Å². The van der Waals surface area contributed by atoms with Crippen LogP contribution >= 0.6 is 11.3 Å². The molecule has 1 unspecified atom stereocenters. The Bertz CT molecular complexity index is 869. The zero-order chi connectivity index (χ0) is 21.5. The Balaban J connectivity index is 1.64. The van der Waals surface area contributed by atoms with Gasteiger partial charge in [-0.15, -0.1) is 11.3 Å². The second kappa shape index (κ2) is 10.6. The van der Waals surface area contributed by atoms with Crippen LogP contribution in [0.4, 0.5) is 0 Å². The van der Waals surface area contributed by atoms with Crippen molar-refractivity contribution in [2.24, 2.45) is 4.99 Å². The number of ether oxygens (including phenoxy) is 1. The minimum atomic E-state index is -0.315. The van der Waals surface area contributed by atoms with Crippen molar-refractivity contribution in [3.63, 3.8) is 0 Å². The van der Waals surface area contributed by atoms with Crippen molar-refractivity contribution in [3.05, 3.63) is 33.5 Å². The molecule has 1 saturated carbocycles. The van der Waals surface area contributed by atoms with Crippen LogP contribution in [0.25, 0.3) is 0 Å². The zero-order valence-electron chi connectivity index (χ0n) is 18.3. The number of aromatic nitrogens is 3. The van der Waals surface area contributed by atoms with E-state index in [4.69, 9.17) is 9.84 Å². The molecule has 1 aliphatic carbocycles. The first-order valence-corrected chi connectivity index (χ1v) is 11.6. The molecule has 0 amide bonds. The van der Waals surface area contributed by atoms with Crippen LogP contribution < -0.4 is 10.6 Å². The number of nitrogens with one attached hydrogen (secondary N) is 2. The van der Waals surface area contributed by atoms with E-state index in [0.29, 0.717) is 35.7 Å². The summed E-state index contributed by atoms with van der Waals surface area (Å²) in [4.78, 5) is 21.9. The second-order valence-corrected chi connectivity index (χ2v) is 8.50. The van der Waals surface area contributed by atoms with Crippen LogP contribution in [0.5, 0.6) is 0 Å². The lowest BCUT2D eigenvalue weighted by atomic mass is 10.3. The molecular formula is C21H32N6O2S. The van der Waals surface area contributed by atoms with Gasteiger partial charge in [0.1, 0.15) is 9.88 Å². The van der Waals surface area contributed by atoms with E-state index in [9.17, 15) is 4.79 Å². The number of rotatable bonds is 8. The molecule has 0 spiro atoms. The van der Waals surface area contributed by atoms with Crippen molar-refractivity contribution in [2.45, 2.75) is 72.0 Å². The Labute approximate surface area is 182 Å². The summed E-state index contributed by atoms with van der Waals surface area (Å²) in [7, 11) is 0. The average molecular weight is 433 g/mol. The van der Waals surface area contributed by atoms with Gasteiger partial charge in [-0.2, -0.15) is 5.10 Å². The van der Waals surface area contributed by atoms with Gasteiger partial charge in [-0.25, -0.2) is 14.8 Å². The van der Waals surface area contributed by atoms with Crippen molar-refractivity contribution in [2.75, 3.05) is 13.2 Å². The number of guanidine groups is 1. The normalized spacial score (nSPS) is 15.9. The zero-order valence-corrected chi connectivity index (χ0v) is 19.1. The number of esters is 1. The van der Waals surface area contributed by atoms with Crippen molar-refractivity contribution in [3.8, 4) is 0 Å². The number of nitrogens with zero attached hydrogens (tertiary/aromatic N) is 4. The highest BCUT2D eigenvalue weighted by Gasteiger charge is 2.20. The number of thiazole rings is 1. The van der Waals surface area contributed by atoms with Crippen LogP contribution in [0.2, 0.25) is 0 Å². The molecule has 1 fully saturated rings. The molecule has 2 heterocycles. The van der Waals surface area contributed by atoms with Crippen LogP contribution in [-0.2, 0) is 11.3 Å². The Morgan fingerprint density at radius 1 is 1.40 bits per heavy atom. The number of carbonyl (C=O) groups excluding carboxylic acids is 1. The lowest BCUT2D eigenvalue weighted by molar-refractivity contribution is 0.0531. The standard InChI is InChI=1S/C21H32N6O2S/c1-5-22-21(23-13-16-11-12-27(26-16)17-9-7-8-10-17)25-15(4)19-24-14(3)18(30-19)20(28)29-6-2/h11-12,15,17H,5-10,13H2,1-4H3,(H2,22,23,25). The van der Waals surface area contributed by atoms with Gasteiger partial charge >= 0.3 is 5.97 Å².